The van der Waals surface area contributed by atoms with Gasteiger partial charge < -0.3 is 14.4 Å². The van der Waals surface area contributed by atoms with Crippen LogP contribution < -0.4 is 4.74 Å². The van der Waals surface area contributed by atoms with Gasteiger partial charge in [-0.2, -0.15) is 0 Å². The summed E-state index contributed by atoms with van der Waals surface area (Å²) in [4.78, 5) is 11.0. The molecule has 0 aliphatic rings. The molecule has 0 aliphatic carbocycles. The van der Waals surface area contributed by atoms with Gasteiger partial charge in [-0.3, -0.25) is 0 Å². The van der Waals surface area contributed by atoms with Crippen LogP contribution in [0.4, 0.5) is 0 Å². The van der Waals surface area contributed by atoms with Crippen molar-refractivity contribution in [1.29, 1.82) is 0 Å². The number of halogens is 1. The lowest BCUT2D eigenvalue weighted by Crippen LogP contribution is -2.03. The summed E-state index contributed by atoms with van der Waals surface area (Å²) >= 11 is 3.25. The zero-order valence-corrected chi connectivity index (χ0v) is 10.2. The summed E-state index contributed by atoms with van der Waals surface area (Å²) in [5.74, 6) is -0.243. The molecule has 0 saturated heterocycles. The van der Waals surface area contributed by atoms with Crippen molar-refractivity contribution in [3.63, 3.8) is 0 Å². The third-order valence-electron chi connectivity index (χ3n) is 2.05. The molecule has 0 amide bonds. The number of nitrogens with zero attached hydrogens (tertiary/aromatic N) is 1. The van der Waals surface area contributed by atoms with Crippen molar-refractivity contribution in [2.45, 2.75) is 6.61 Å². The summed E-state index contributed by atoms with van der Waals surface area (Å²) in [5, 5.41) is 12.5. The molecule has 0 unspecified atom stereocenters. The molecule has 0 fully saturated rings. The van der Waals surface area contributed by atoms with Crippen molar-refractivity contribution < 1.29 is 19.2 Å². The molecular formula is C11H8BrNO4. The summed E-state index contributed by atoms with van der Waals surface area (Å²) in [5.41, 5.74) is 0.0962. The molecule has 0 bridgehead atoms. The quantitative estimate of drug-likeness (QED) is 0.939. The van der Waals surface area contributed by atoms with Gasteiger partial charge in [0, 0.05) is 6.07 Å². The third-order valence-corrected chi connectivity index (χ3v) is 2.67. The van der Waals surface area contributed by atoms with Gasteiger partial charge in [0.2, 0.25) is 0 Å². The smallest absolute Gasteiger partial charge is 0.339 e. The summed E-state index contributed by atoms with van der Waals surface area (Å²) in [7, 11) is 0. The Labute approximate surface area is 105 Å². The van der Waals surface area contributed by atoms with E-state index in [4.69, 9.17) is 14.4 Å². The molecule has 0 spiro atoms. The van der Waals surface area contributed by atoms with Crippen LogP contribution in [0.3, 0.4) is 0 Å². The van der Waals surface area contributed by atoms with Gasteiger partial charge in [0.1, 0.15) is 17.9 Å². The molecule has 1 heterocycles. The number of benzene rings is 1. The molecule has 0 radical (unpaired) electrons. The highest BCUT2D eigenvalue weighted by molar-refractivity contribution is 9.10. The highest BCUT2D eigenvalue weighted by atomic mass is 79.9. The molecule has 2 rings (SSSR count). The Kier molecular flexibility index (Phi) is 3.43. The van der Waals surface area contributed by atoms with Crippen LogP contribution in [0.25, 0.3) is 0 Å². The van der Waals surface area contributed by atoms with E-state index in [2.05, 4.69) is 21.1 Å². The fraction of sp³-hybridized carbons (Fsp3) is 0.0909. The Bertz CT molecular complexity index is 524. The first-order chi connectivity index (χ1) is 8.18. The van der Waals surface area contributed by atoms with Crippen molar-refractivity contribution in [2.75, 3.05) is 0 Å². The van der Waals surface area contributed by atoms with Crippen LogP contribution in [0.15, 0.2) is 39.5 Å². The number of hydrogen-bond acceptors (Lipinski definition) is 4. The second-order valence-corrected chi connectivity index (χ2v) is 4.04. The van der Waals surface area contributed by atoms with E-state index >= 15 is 0 Å². The summed E-state index contributed by atoms with van der Waals surface area (Å²) in [6.45, 7) is 0.128. The van der Waals surface area contributed by atoms with E-state index in [1.165, 1.54) is 12.3 Å². The SMILES string of the molecule is O=C(O)c1cccc(Br)c1OCc1ccno1. The Morgan fingerprint density at radius 2 is 2.29 bits per heavy atom. The van der Waals surface area contributed by atoms with Gasteiger partial charge >= 0.3 is 5.97 Å². The molecular weight excluding hydrogens is 290 g/mol. The minimum absolute atomic E-state index is 0.0962. The maximum atomic E-state index is 11.0. The Hall–Kier alpha value is -1.82. The summed E-state index contributed by atoms with van der Waals surface area (Å²) in [6.07, 6.45) is 1.50. The first-order valence-corrected chi connectivity index (χ1v) is 5.52. The molecule has 2 aromatic rings. The lowest BCUT2D eigenvalue weighted by atomic mass is 10.2. The van der Waals surface area contributed by atoms with Crippen LogP contribution in [-0.4, -0.2) is 16.2 Å². The van der Waals surface area contributed by atoms with E-state index in [0.29, 0.717) is 10.2 Å². The van der Waals surface area contributed by atoms with Gasteiger partial charge in [0.15, 0.2) is 5.76 Å². The lowest BCUT2D eigenvalue weighted by Gasteiger charge is -2.09. The van der Waals surface area contributed by atoms with Crippen molar-refractivity contribution >= 4 is 21.9 Å². The zero-order valence-electron chi connectivity index (χ0n) is 8.59. The topological polar surface area (TPSA) is 72.6 Å². The monoisotopic (exact) mass is 297 g/mol. The Balaban J connectivity index is 2.22. The largest absolute Gasteiger partial charge is 0.483 e. The van der Waals surface area contributed by atoms with Crippen LogP contribution in [0.5, 0.6) is 5.75 Å². The Morgan fingerprint density at radius 3 is 2.94 bits per heavy atom. The molecule has 1 aromatic carbocycles. The van der Waals surface area contributed by atoms with E-state index in [0.717, 1.165) is 0 Å². The molecule has 88 valence electrons. The number of aromatic carboxylic acids is 1. The van der Waals surface area contributed by atoms with Crippen LogP contribution in [0.1, 0.15) is 16.1 Å². The van der Waals surface area contributed by atoms with Crippen LogP contribution in [0.2, 0.25) is 0 Å². The van der Waals surface area contributed by atoms with E-state index in [9.17, 15) is 4.79 Å². The molecule has 1 N–H and O–H groups in total. The number of ether oxygens (including phenoxy) is 1. The zero-order chi connectivity index (χ0) is 12.3. The van der Waals surface area contributed by atoms with Crippen LogP contribution in [-0.2, 0) is 6.61 Å². The van der Waals surface area contributed by atoms with E-state index in [-0.39, 0.29) is 17.9 Å². The molecule has 6 heteroatoms. The fourth-order valence-corrected chi connectivity index (χ4v) is 1.76. The molecule has 0 atom stereocenters. The summed E-state index contributed by atoms with van der Waals surface area (Å²) in [6, 6.07) is 6.47. The molecule has 5 nitrogen and oxygen atoms in total. The second-order valence-electron chi connectivity index (χ2n) is 3.19. The fourth-order valence-electron chi connectivity index (χ4n) is 1.28. The van der Waals surface area contributed by atoms with Gasteiger partial charge in [-0.1, -0.05) is 11.2 Å². The first-order valence-electron chi connectivity index (χ1n) is 4.72. The Morgan fingerprint density at radius 1 is 1.47 bits per heavy atom. The lowest BCUT2D eigenvalue weighted by molar-refractivity contribution is 0.0691. The minimum Gasteiger partial charge on any atom is -0.483 e. The van der Waals surface area contributed by atoms with Gasteiger partial charge in [0.25, 0.3) is 0 Å². The summed E-state index contributed by atoms with van der Waals surface area (Å²) < 4.78 is 10.9. The van der Waals surface area contributed by atoms with Crippen molar-refractivity contribution in [2.24, 2.45) is 0 Å². The minimum atomic E-state index is -1.04. The van der Waals surface area contributed by atoms with Gasteiger partial charge in [-0.15, -0.1) is 0 Å². The molecule has 1 aromatic heterocycles. The number of para-hydroxylation sites is 1. The average molecular weight is 298 g/mol. The van der Waals surface area contributed by atoms with E-state index < -0.39 is 5.97 Å². The number of rotatable bonds is 4. The van der Waals surface area contributed by atoms with Crippen LogP contribution >= 0.6 is 15.9 Å². The number of carboxylic acid groups (broad SMARTS) is 1. The maximum Gasteiger partial charge on any atom is 0.339 e. The predicted octanol–water partition coefficient (Wildman–Crippen LogP) is 2.71. The van der Waals surface area contributed by atoms with Crippen molar-refractivity contribution in [3.05, 3.63) is 46.3 Å². The number of aromatic nitrogens is 1. The highest BCUT2D eigenvalue weighted by Crippen LogP contribution is 2.29. The average Bonchev–Trinajstić information content (AvgIpc) is 2.80. The molecule has 0 saturated carbocycles. The second kappa shape index (κ2) is 5.01. The first kappa shape index (κ1) is 11.7. The number of carbonyl (C=O) groups is 1. The standard InChI is InChI=1S/C11H8BrNO4/c12-9-3-1-2-8(11(14)15)10(9)16-6-7-4-5-13-17-7/h1-5H,6H2,(H,14,15). The van der Waals surface area contributed by atoms with Gasteiger partial charge in [-0.25, -0.2) is 4.79 Å². The number of hydrogen-bond donors (Lipinski definition) is 1. The van der Waals surface area contributed by atoms with E-state index in [1.807, 2.05) is 0 Å². The predicted molar refractivity (Wildman–Crippen MR) is 61.9 cm³/mol. The van der Waals surface area contributed by atoms with Crippen molar-refractivity contribution in [3.8, 4) is 5.75 Å². The van der Waals surface area contributed by atoms with Crippen molar-refractivity contribution in [1.82, 2.24) is 5.16 Å². The van der Waals surface area contributed by atoms with Crippen LogP contribution in [0, 0.1) is 0 Å². The van der Waals surface area contributed by atoms with E-state index in [1.54, 1.807) is 18.2 Å². The van der Waals surface area contributed by atoms with Gasteiger partial charge in [0.05, 0.1) is 10.7 Å². The number of carboxylic acids is 1. The third kappa shape index (κ3) is 2.65. The maximum absolute atomic E-state index is 11.0. The normalized spacial score (nSPS) is 10.2. The molecule has 17 heavy (non-hydrogen) atoms. The highest BCUT2D eigenvalue weighted by Gasteiger charge is 2.14. The molecule has 0 aliphatic heterocycles. The van der Waals surface area contributed by atoms with Gasteiger partial charge in [-0.05, 0) is 28.1 Å².